The highest BCUT2D eigenvalue weighted by molar-refractivity contribution is 5.84. The first-order chi connectivity index (χ1) is 19.5. The molecule has 1 aliphatic rings. The highest BCUT2D eigenvalue weighted by Gasteiger charge is 2.27. The van der Waals surface area contributed by atoms with Crippen molar-refractivity contribution in [1.29, 1.82) is 0 Å². The second kappa shape index (κ2) is 10.9. The number of carbonyl (C=O) groups is 1. The summed E-state index contributed by atoms with van der Waals surface area (Å²) < 4.78 is 10.4. The molecule has 11 nitrogen and oxygen atoms in total. The van der Waals surface area contributed by atoms with Gasteiger partial charge in [0.1, 0.15) is 12.4 Å². The number of nitrogens with zero attached hydrogens (tertiary/aromatic N) is 8. The zero-order valence-electron chi connectivity index (χ0n) is 22.8. The van der Waals surface area contributed by atoms with Gasteiger partial charge in [0.25, 0.3) is 0 Å². The van der Waals surface area contributed by atoms with E-state index in [0.29, 0.717) is 25.4 Å². The number of carbonyl (C=O) groups excluding carboxylic acids is 1. The number of ether oxygens (including phenoxy) is 1. The van der Waals surface area contributed by atoms with E-state index < -0.39 is 0 Å². The van der Waals surface area contributed by atoms with Gasteiger partial charge in [-0.3, -0.25) is 18.8 Å². The molecule has 0 saturated heterocycles. The fraction of sp³-hybridized carbons (Fsp3) is 0.310. The Balaban J connectivity index is 1.25. The molecule has 1 aromatic carbocycles. The molecule has 1 aliphatic carbocycles. The molecule has 40 heavy (non-hydrogen) atoms. The van der Waals surface area contributed by atoms with Gasteiger partial charge in [-0.15, -0.1) is 0 Å². The largest absolute Gasteiger partial charge is 0.383 e. The van der Waals surface area contributed by atoms with Crippen LogP contribution in [0.1, 0.15) is 22.8 Å². The number of amides is 1. The van der Waals surface area contributed by atoms with E-state index >= 15 is 0 Å². The number of nitrogens with one attached hydrogen (secondary N) is 1. The molecule has 1 amide bonds. The molecule has 11 heteroatoms. The lowest BCUT2D eigenvalue weighted by molar-refractivity contribution is -0.122. The third-order valence-electron chi connectivity index (χ3n) is 7.07. The Hall–Kier alpha value is -4.64. The molecule has 6 rings (SSSR count). The lowest BCUT2D eigenvalue weighted by Crippen LogP contribution is -2.30. The maximum atomic E-state index is 12.1. The lowest BCUT2D eigenvalue weighted by Gasteiger charge is -2.16. The van der Waals surface area contributed by atoms with Crippen LogP contribution in [-0.2, 0) is 49.4 Å². The molecule has 5 aromatic rings. The van der Waals surface area contributed by atoms with Gasteiger partial charge in [-0.25, -0.2) is 9.97 Å². The van der Waals surface area contributed by atoms with Crippen molar-refractivity contribution in [1.82, 2.24) is 44.6 Å². The summed E-state index contributed by atoms with van der Waals surface area (Å²) in [5.41, 5.74) is 9.30. The number of hydrogen-bond donors (Lipinski definition) is 1. The predicted molar refractivity (Wildman–Crippen MR) is 149 cm³/mol. The molecule has 0 unspecified atom stereocenters. The Morgan fingerprint density at radius 3 is 2.62 bits per heavy atom. The summed E-state index contributed by atoms with van der Waals surface area (Å²) >= 11 is 0. The molecule has 4 heterocycles. The second-order valence-electron chi connectivity index (χ2n) is 9.96. The normalized spacial score (nSPS) is 12.3. The van der Waals surface area contributed by atoms with E-state index in [1.165, 1.54) is 0 Å². The van der Waals surface area contributed by atoms with Gasteiger partial charge in [-0.05, 0) is 30.0 Å². The summed E-state index contributed by atoms with van der Waals surface area (Å²) in [5, 5.41) is 16.5. The van der Waals surface area contributed by atoms with Crippen LogP contribution in [0.5, 0.6) is 0 Å². The Morgan fingerprint density at radius 2 is 1.85 bits per heavy atom. The van der Waals surface area contributed by atoms with Crippen LogP contribution >= 0.6 is 0 Å². The molecule has 0 spiro atoms. The SMILES string of the molecule is COCCNC(=O)Cn1ccc(Cc2ncc3c(n2)-c2c(nn(C)c2-c2ccc(-c4cnn(C)c4)cc2)CC3)n1. The first-order valence-electron chi connectivity index (χ1n) is 13.3. The summed E-state index contributed by atoms with van der Waals surface area (Å²) in [6, 6.07) is 10.4. The fourth-order valence-corrected chi connectivity index (χ4v) is 5.15. The van der Waals surface area contributed by atoms with Crippen LogP contribution in [0.25, 0.3) is 33.6 Å². The van der Waals surface area contributed by atoms with E-state index in [9.17, 15) is 4.79 Å². The van der Waals surface area contributed by atoms with Gasteiger partial charge in [0, 0.05) is 63.0 Å². The van der Waals surface area contributed by atoms with Gasteiger partial charge >= 0.3 is 0 Å². The number of aromatic nitrogens is 8. The first kappa shape index (κ1) is 25.6. The minimum atomic E-state index is -0.109. The van der Waals surface area contributed by atoms with Gasteiger partial charge in [0.2, 0.25) is 5.91 Å². The maximum Gasteiger partial charge on any atom is 0.241 e. The zero-order chi connectivity index (χ0) is 27.6. The Morgan fingerprint density at radius 1 is 1.02 bits per heavy atom. The van der Waals surface area contributed by atoms with Gasteiger partial charge in [0.15, 0.2) is 0 Å². The number of fused-ring (bicyclic) bond motifs is 3. The van der Waals surface area contributed by atoms with E-state index in [0.717, 1.165) is 63.4 Å². The van der Waals surface area contributed by atoms with Gasteiger partial charge in [0.05, 0.1) is 42.0 Å². The third-order valence-corrected chi connectivity index (χ3v) is 7.07. The summed E-state index contributed by atoms with van der Waals surface area (Å²) in [5.74, 6) is 0.574. The van der Waals surface area contributed by atoms with Crippen LogP contribution in [0.3, 0.4) is 0 Å². The number of benzene rings is 1. The predicted octanol–water partition coefficient (Wildman–Crippen LogP) is 2.59. The highest BCUT2D eigenvalue weighted by atomic mass is 16.5. The highest BCUT2D eigenvalue weighted by Crippen LogP contribution is 2.39. The number of hydrogen-bond acceptors (Lipinski definition) is 7. The van der Waals surface area contributed by atoms with Crippen molar-refractivity contribution in [2.45, 2.75) is 25.8 Å². The summed E-state index contributed by atoms with van der Waals surface area (Å²) in [6.45, 7) is 1.10. The molecule has 204 valence electrons. The Labute approximate surface area is 231 Å². The number of methoxy groups -OCH3 is 1. The first-order valence-corrected chi connectivity index (χ1v) is 13.3. The minimum absolute atomic E-state index is 0.109. The second-order valence-corrected chi connectivity index (χ2v) is 9.96. The number of aryl methyl sites for hydroxylation is 4. The third kappa shape index (κ3) is 5.15. The summed E-state index contributed by atoms with van der Waals surface area (Å²) in [7, 11) is 5.51. The van der Waals surface area contributed by atoms with Crippen molar-refractivity contribution >= 4 is 5.91 Å². The van der Waals surface area contributed by atoms with Crippen LogP contribution in [0.15, 0.2) is 55.1 Å². The molecule has 0 radical (unpaired) electrons. The summed E-state index contributed by atoms with van der Waals surface area (Å²) in [6.07, 6.45) is 9.79. The summed E-state index contributed by atoms with van der Waals surface area (Å²) in [4.78, 5) is 21.8. The van der Waals surface area contributed by atoms with Crippen molar-refractivity contribution in [3.05, 3.63) is 77.9 Å². The quantitative estimate of drug-likeness (QED) is 0.287. The minimum Gasteiger partial charge on any atom is -0.383 e. The Kier molecular flexibility index (Phi) is 6.95. The number of rotatable bonds is 9. The smallest absolute Gasteiger partial charge is 0.241 e. The monoisotopic (exact) mass is 537 g/mol. The van der Waals surface area contributed by atoms with Gasteiger partial charge in [-0.1, -0.05) is 24.3 Å². The van der Waals surface area contributed by atoms with Crippen LogP contribution in [0.4, 0.5) is 0 Å². The van der Waals surface area contributed by atoms with E-state index in [2.05, 4.69) is 44.8 Å². The molecule has 0 bridgehead atoms. The van der Waals surface area contributed by atoms with E-state index in [4.69, 9.17) is 14.8 Å². The molecular weight excluding hydrogens is 506 g/mol. The van der Waals surface area contributed by atoms with Crippen molar-refractivity contribution in [3.63, 3.8) is 0 Å². The lowest BCUT2D eigenvalue weighted by atomic mass is 9.91. The topological polar surface area (TPSA) is 118 Å². The van der Waals surface area contributed by atoms with Crippen LogP contribution in [0.2, 0.25) is 0 Å². The molecular formula is C29H31N9O2. The average molecular weight is 538 g/mol. The molecule has 0 aliphatic heterocycles. The Bertz CT molecular complexity index is 1660. The van der Waals surface area contributed by atoms with Crippen LogP contribution in [0, 0.1) is 0 Å². The standard InChI is InChI=1S/C29H31N9O2/c1-36-17-22(16-32-36)19-4-6-20(7-5-19)29-27-24(35-37(29)2)9-8-21-15-31-25(33-28(21)27)14-23-10-12-38(34-23)18-26(39)30-11-13-40-3/h4-7,10,12,15-17H,8-9,11,13-14,18H2,1-3H3,(H,30,39). The van der Waals surface area contributed by atoms with Crippen LogP contribution < -0.4 is 5.32 Å². The zero-order valence-corrected chi connectivity index (χ0v) is 22.8. The van der Waals surface area contributed by atoms with Crippen molar-refractivity contribution in [2.24, 2.45) is 14.1 Å². The van der Waals surface area contributed by atoms with Crippen molar-refractivity contribution in [2.75, 3.05) is 20.3 Å². The molecule has 0 atom stereocenters. The van der Waals surface area contributed by atoms with E-state index in [1.54, 1.807) is 22.7 Å². The maximum absolute atomic E-state index is 12.1. The van der Waals surface area contributed by atoms with Gasteiger partial charge < -0.3 is 10.1 Å². The van der Waals surface area contributed by atoms with Crippen LogP contribution in [-0.4, -0.2) is 65.5 Å². The molecule has 0 saturated carbocycles. The van der Waals surface area contributed by atoms with Gasteiger partial charge in [-0.2, -0.15) is 15.3 Å². The average Bonchev–Trinajstić information content (AvgIpc) is 3.67. The van der Waals surface area contributed by atoms with Crippen molar-refractivity contribution in [3.8, 4) is 33.6 Å². The molecule has 1 N–H and O–H groups in total. The van der Waals surface area contributed by atoms with Crippen molar-refractivity contribution < 1.29 is 9.53 Å². The van der Waals surface area contributed by atoms with E-state index in [1.807, 2.05) is 43.4 Å². The molecule has 0 fully saturated rings. The van der Waals surface area contributed by atoms with E-state index in [-0.39, 0.29) is 12.5 Å². The molecule has 4 aromatic heterocycles. The fourth-order valence-electron chi connectivity index (χ4n) is 5.15.